The summed E-state index contributed by atoms with van der Waals surface area (Å²) in [4.78, 5) is 0. The largest absolute Gasteiger partial charge is 0.496 e. The van der Waals surface area contributed by atoms with Crippen molar-refractivity contribution < 1.29 is 4.74 Å². The zero-order valence-corrected chi connectivity index (χ0v) is 9.49. The van der Waals surface area contributed by atoms with Gasteiger partial charge in [0.15, 0.2) is 0 Å². The molecule has 0 aromatic heterocycles. The fourth-order valence-electron chi connectivity index (χ4n) is 2.04. The van der Waals surface area contributed by atoms with Crippen molar-refractivity contribution in [1.29, 1.82) is 0 Å². The Kier molecular flexibility index (Phi) is 3.27. The Balaban J connectivity index is 2.05. The molecule has 1 aliphatic rings. The molecule has 1 aromatic rings. The van der Waals surface area contributed by atoms with Crippen LogP contribution in [-0.4, -0.2) is 13.2 Å². The highest BCUT2D eigenvalue weighted by atomic mass is 16.5. The summed E-state index contributed by atoms with van der Waals surface area (Å²) in [7, 11) is 1.73. The molecule has 15 heavy (non-hydrogen) atoms. The van der Waals surface area contributed by atoms with Crippen LogP contribution in [0.3, 0.4) is 0 Å². The predicted octanol–water partition coefficient (Wildman–Crippen LogP) is 2.90. The molecule has 2 rings (SSSR count). The van der Waals surface area contributed by atoms with Gasteiger partial charge in [0.2, 0.25) is 0 Å². The van der Waals surface area contributed by atoms with Crippen molar-refractivity contribution in [2.24, 2.45) is 0 Å². The smallest absolute Gasteiger partial charge is 0.123 e. The maximum absolute atomic E-state index is 5.36. The van der Waals surface area contributed by atoms with Gasteiger partial charge in [-0.2, -0.15) is 0 Å². The van der Waals surface area contributed by atoms with E-state index in [9.17, 15) is 0 Å². The highest BCUT2D eigenvalue weighted by Crippen LogP contribution is 2.27. The van der Waals surface area contributed by atoms with Crippen molar-refractivity contribution in [3.05, 3.63) is 29.8 Å². The van der Waals surface area contributed by atoms with Gasteiger partial charge in [-0.25, -0.2) is 0 Å². The summed E-state index contributed by atoms with van der Waals surface area (Å²) in [6.45, 7) is 2.20. The molecular weight excluding hydrogens is 186 g/mol. The van der Waals surface area contributed by atoms with E-state index in [2.05, 4.69) is 24.4 Å². The first-order chi connectivity index (χ1) is 7.31. The summed E-state index contributed by atoms with van der Waals surface area (Å²) in [5.74, 6) is 0.983. The molecule has 0 amide bonds. The second kappa shape index (κ2) is 4.67. The summed E-state index contributed by atoms with van der Waals surface area (Å²) in [5.41, 5.74) is 1.26. The van der Waals surface area contributed by atoms with Gasteiger partial charge in [-0.3, -0.25) is 0 Å². The van der Waals surface area contributed by atoms with Gasteiger partial charge >= 0.3 is 0 Å². The summed E-state index contributed by atoms with van der Waals surface area (Å²) in [6.07, 6.45) is 4.01. The van der Waals surface area contributed by atoms with E-state index in [1.165, 1.54) is 24.8 Å². The van der Waals surface area contributed by atoms with E-state index < -0.39 is 0 Å². The maximum Gasteiger partial charge on any atom is 0.123 e. The maximum atomic E-state index is 5.36. The van der Waals surface area contributed by atoms with E-state index >= 15 is 0 Å². The predicted molar refractivity (Wildman–Crippen MR) is 62.2 cm³/mol. The molecule has 0 unspecified atom stereocenters. The van der Waals surface area contributed by atoms with E-state index in [4.69, 9.17) is 4.74 Å². The monoisotopic (exact) mass is 205 g/mol. The minimum atomic E-state index is 0.381. The number of benzene rings is 1. The molecule has 1 N–H and O–H groups in total. The van der Waals surface area contributed by atoms with E-state index in [0.29, 0.717) is 12.1 Å². The SMILES string of the molecule is COc1ccccc1[C@H](C)NC1CCC1. The van der Waals surface area contributed by atoms with Crippen LogP contribution in [0, 0.1) is 0 Å². The van der Waals surface area contributed by atoms with Gasteiger partial charge in [0, 0.05) is 17.6 Å². The molecular formula is C13H19NO. The lowest BCUT2D eigenvalue weighted by Gasteiger charge is -2.30. The van der Waals surface area contributed by atoms with Crippen LogP contribution < -0.4 is 10.1 Å². The molecule has 1 aliphatic carbocycles. The van der Waals surface area contributed by atoms with Crippen LogP contribution in [0.15, 0.2) is 24.3 Å². The van der Waals surface area contributed by atoms with Crippen LogP contribution in [0.1, 0.15) is 37.8 Å². The molecule has 1 aromatic carbocycles. The molecule has 0 saturated heterocycles. The van der Waals surface area contributed by atoms with Crippen molar-refractivity contribution in [2.45, 2.75) is 38.3 Å². The van der Waals surface area contributed by atoms with Gasteiger partial charge in [-0.1, -0.05) is 24.6 Å². The average molecular weight is 205 g/mol. The third-order valence-electron chi connectivity index (χ3n) is 3.20. The molecule has 1 saturated carbocycles. The lowest BCUT2D eigenvalue weighted by Crippen LogP contribution is -2.36. The second-order valence-electron chi connectivity index (χ2n) is 4.26. The number of para-hydroxylation sites is 1. The first kappa shape index (κ1) is 10.5. The summed E-state index contributed by atoms with van der Waals surface area (Å²) >= 11 is 0. The lowest BCUT2D eigenvalue weighted by atomic mass is 9.91. The van der Waals surface area contributed by atoms with Crippen molar-refractivity contribution in [3.8, 4) is 5.75 Å². The number of hydrogen-bond acceptors (Lipinski definition) is 2. The number of ether oxygens (including phenoxy) is 1. The molecule has 0 spiro atoms. The summed E-state index contributed by atoms with van der Waals surface area (Å²) in [6, 6.07) is 9.33. The number of hydrogen-bond donors (Lipinski definition) is 1. The van der Waals surface area contributed by atoms with Gasteiger partial charge < -0.3 is 10.1 Å². The minimum Gasteiger partial charge on any atom is -0.496 e. The first-order valence-corrected chi connectivity index (χ1v) is 5.70. The lowest BCUT2D eigenvalue weighted by molar-refractivity contribution is 0.308. The van der Waals surface area contributed by atoms with Gasteiger partial charge in [0.05, 0.1) is 7.11 Å². The van der Waals surface area contributed by atoms with E-state index in [1.54, 1.807) is 7.11 Å². The molecule has 1 fully saturated rings. The fourth-order valence-corrected chi connectivity index (χ4v) is 2.04. The highest BCUT2D eigenvalue weighted by molar-refractivity contribution is 5.35. The second-order valence-corrected chi connectivity index (χ2v) is 4.26. The average Bonchev–Trinajstić information content (AvgIpc) is 2.23. The van der Waals surface area contributed by atoms with Crippen LogP contribution in [0.2, 0.25) is 0 Å². The van der Waals surface area contributed by atoms with Crippen LogP contribution in [0.25, 0.3) is 0 Å². The molecule has 0 aliphatic heterocycles. The van der Waals surface area contributed by atoms with E-state index in [-0.39, 0.29) is 0 Å². The van der Waals surface area contributed by atoms with Crippen LogP contribution in [0.5, 0.6) is 5.75 Å². The number of rotatable bonds is 4. The van der Waals surface area contributed by atoms with E-state index in [1.807, 2.05) is 12.1 Å². The Morgan fingerprint density at radius 2 is 2.07 bits per heavy atom. The highest BCUT2D eigenvalue weighted by Gasteiger charge is 2.20. The quantitative estimate of drug-likeness (QED) is 0.816. The molecule has 2 heteroatoms. The number of methoxy groups -OCH3 is 1. The summed E-state index contributed by atoms with van der Waals surface area (Å²) < 4.78 is 5.36. The van der Waals surface area contributed by atoms with Crippen LogP contribution >= 0.6 is 0 Å². The number of nitrogens with one attached hydrogen (secondary N) is 1. The van der Waals surface area contributed by atoms with Crippen LogP contribution in [0.4, 0.5) is 0 Å². The van der Waals surface area contributed by atoms with Crippen molar-refractivity contribution in [1.82, 2.24) is 5.32 Å². The van der Waals surface area contributed by atoms with Gasteiger partial charge in [0.25, 0.3) is 0 Å². The minimum absolute atomic E-state index is 0.381. The van der Waals surface area contributed by atoms with Crippen LogP contribution in [-0.2, 0) is 0 Å². The summed E-state index contributed by atoms with van der Waals surface area (Å²) in [5, 5.41) is 3.63. The van der Waals surface area contributed by atoms with Crippen molar-refractivity contribution in [2.75, 3.05) is 7.11 Å². The van der Waals surface area contributed by atoms with E-state index in [0.717, 1.165) is 5.75 Å². The molecule has 82 valence electrons. The molecule has 0 heterocycles. The fraction of sp³-hybridized carbons (Fsp3) is 0.538. The zero-order valence-electron chi connectivity index (χ0n) is 9.49. The first-order valence-electron chi connectivity index (χ1n) is 5.70. The zero-order chi connectivity index (χ0) is 10.7. The van der Waals surface area contributed by atoms with Crippen molar-refractivity contribution in [3.63, 3.8) is 0 Å². The molecule has 0 radical (unpaired) electrons. The standard InChI is InChI=1S/C13H19NO/c1-10(14-11-6-5-7-11)12-8-3-4-9-13(12)15-2/h3-4,8-11,14H,5-7H2,1-2H3/t10-/m0/s1. The Morgan fingerprint density at radius 3 is 2.67 bits per heavy atom. The normalized spacial score (nSPS) is 18.3. The Labute approximate surface area is 91.6 Å². The molecule has 0 bridgehead atoms. The van der Waals surface area contributed by atoms with Crippen molar-refractivity contribution >= 4 is 0 Å². The topological polar surface area (TPSA) is 21.3 Å². The molecule has 2 nitrogen and oxygen atoms in total. The van der Waals surface area contributed by atoms with Gasteiger partial charge in [-0.15, -0.1) is 0 Å². The Morgan fingerprint density at radius 1 is 1.33 bits per heavy atom. The van der Waals surface area contributed by atoms with Gasteiger partial charge in [0.1, 0.15) is 5.75 Å². The Bertz CT molecular complexity index is 320. The van der Waals surface area contributed by atoms with Gasteiger partial charge in [-0.05, 0) is 25.8 Å². The third kappa shape index (κ3) is 2.32. The third-order valence-corrected chi connectivity index (χ3v) is 3.20. The molecule has 1 atom stereocenters. The Hall–Kier alpha value is -1.02.